The Morgan fingerprint density at radius 1 is 1.15 bits per heavy atom. The van der Waals surface area contributed by atoms with E-state index in [0.717, 1.165) is 35.4 Å². The highest BCUT2D eigenvalue weighted by Crippen LogP contribution is 2.28. The van der Waals surface area contributed by atoms with Gasteiger partial charge in [-0.1, -0.05) is 53.6 Å². The fraction of sp³-hybridized carbons (Fsp3) is 0.304. The second kappa shape index (κ2) is 7.69. The highest BCUT2D eigenvalue weighted by molar-refractivity contribution is 5.76. The van der Waals surface area contributed by atoms with Crippen molar-refractivity contribution in [3.8, 4) is 11.3 Å². The van der Waals surface area contributed by atoms with E-state index in [9.17, 15) is 4.79 Å². The average molecular weight is 347 g/mol. The molecule has 2 aromatic rings. The van der Waals surface area contributed by atoms with Crippen LogP contribution >= 0.6 is 0 Å². The summed E-state index contributed by atoms with van der Waals surface area (Å²) in [6.45, 7) is 6.08. The van der Waals surface area contributed by atoms with Gasteiger partial charge in [-0.25, -0.2) is 0 Å². The molecule has 0 aliphatic heterocycles. The molecule has 1 aliphatic rings. The number of hydrogen-bond acceptors (Lipinski definition) is 2. The molecule has 1 heterocycles. The van der Waals surface area contributed by atoms with Gasteiger partial charge in [-0.05, 0) is 57.2 Å². The van der Waals surface area contributed by atoms with Crippen molar-refractivity contribution < 1.29 is 9.90 Å². The number of carboxylic acids is 1. The molecule has 1 unspecified atom stereocenters. The Balaban J connectivity index is 1.78. The van der Waals surface area contributed by atoms with E-state index in [1.54, 1.807) is 6.92 Å². The molecule has 0 bridgehead atoms. The van der Waals surface area contributed by atoms with Gasteiger partial charge >= 0.3 is 5.97 Å². The number of aliphatic carboxylic acids is 1. The Labute approximate surface area is 155 Å². The van der Waals surface area contributed by atoms with Gasteiger partial charge in [0.1, 0.15) is 0 Å². The summed E-state index contributed by atoms with van der Waals surface area (Å²) in [5.74, 6) is -0.791. The minimum atomic E-state index is -0.807. The molecule has 3 rings (SSSR count). The van der Waals surface area contributed by atoms with Crippen molar-refractivity contribution in [3.05, 3.63) is 77.0 Å². The van der Waals surface area contributed by atoms with Gasteiger partial charge in [0, 0.05) is 11.3 Å². The Morgan fingerprint density at radius 2 is 1.88 bits per heavy atom. The fourth-order valence-electron chi connectivity index (χ4n) is 3.35. The number of rotatable bonds is 5. The van der Waals surface area contributed by atoms with Crippen LogP contribution in [0.5, 0.6) is 0 Å². The first kappa shape index (κ1) is 18.1. The zero-order valence-corrected chi connectivity index (χ0v) is 15.6. The number of carboxylic acid groups (broad SMARTS) is 1. The van der Waals surface area contributed by atoms with Gasteiger partial charge in [-0.3, -0.25) is 9.78 Å². The first-order chi connectivity index (χ1) is 12.4. The molecule has 0 saturated heterocycles. The Bertz CT molecular complexity index is 862. The molecule has 3 heteroatoms. The van der Waals surface area contributed by atoms with Crippen LogP contribution in [0.3, 0.4) is 0 Å². The number of allylic oxidation sites excluding steroid dienone is 4. The van der Waals surface area contributed by atoms with Crippen LogP contribution in [0.1, 0.15) is 44.4 Å². The maximum absolute atomic E-state index is 11.1. The Kier molecular flexibility index (Phi) is 5.36. The summed E-state index contributed by atoms with van der Waals surface area (Å²) in [4.78, 5) is 16.0. The van der Waals surface area contributed by atoms with Crippen LogP contribution in [0.25, 0.3) is 11.3 Å². The van der Waals surface area contributed by atoms with E-state index in [-0.39, 0.29) is 0 Å². The molecule has 0 spiro atoms. The summed E-state index contributed by atoms with van der Waals surface area (Å²) in [5.41, 5.74) is 6.68. The smallest absolute Gasteiger partial charge is 0.310 e. The van der Waals surface area contributed by atoms with Gasteiger partial charge in [0.15, 0.2) is 0 Å². The number of hydrogen-bond donors (Lipinski definition) is 1. The first-order valence-corrected chi connectivity index (χ1v) is 9.07. The van der Waals surface area contributed by atoms with Crippen molar-refractivity contribution in [2.45, 2.75) is 39.5 Å². The number of carbonyl (C=O) groups is 1. The lowest BCUT2D eigenvalue weighted by molar-refractivity contribution is -0.138. The Morgan fingerprint density at radius 3 is 2.58 bits per heavy atom. The summed E-state index contributed by atoms with van der Waals surface area (Å²) in [5, 5.41) is 9.13. The standard InChI is InChI=1S/C23H25NO2/c1-15-7-8-16(2)20(13-15)14-21-5-4-6-22(24-21)19-11-9-18(10-12-19)17(3)23(25)26/h4-12,17,20H,13-14H2,1-3H3,(H,25,26)/t17-,20?/m1/s1. The van der Waals surface area contributed by atoms with Crippen LogP contribution in [0.4, 0.5) is 0 Å². The molecule has 1 aromatic heterocycles. The Hall–Kier alpha value is -2.68. The quantitative estimate of drug-likeness (QED) is 0.788. The lowest BCUT2D eigenvalue weighted by Crippen LogP contribution is -2.11. The lowest BCUT2D eigenvalue weighted by Gasteiger charge is -2.21. The highest BCUT2D eigenvalue weighted by Gasteiger charge is 2.17. The molecule has 0 radical (unpaired) electrons. The van der Waals surface area contributed by atoms with Crippen molar-refractivity contribution in [1.29, 1.82) is 0 Å². The van der Waals surface area contributed by atoms with Crippen molar-refractivity contribution >= 4 is 5.97 Å². The summed E-state index contributed by atoms with van der Waals surface area (Å²) in [6, 6.07) is 13.8. The SMILES string of the molecule is CC1=CC=C(C)C(Cc2cccc(-c3ccc([C@@H](C)C(=O)O)cc3)n2)C1. The van der Waals surface area contributed by atoms with Gasteiger partial charge in [-0.15, -0.1) is 0 Å². The van der Waals surface area contributed by atoms with E-state index in [1.807, 2.05) is 30.3 Å². The second-order valence-electron chi connectivity index (χ2n) is 7.22. The minimum absolute atomic E-state index is 0.499. The molecular weight excluding hydrogens is 322 g/mol. The number of nitrogens with zero attached hydrogens (tertiary/aromatic N) is 1. The number of pyridine rings is 1. The zero-order chi connectivity index (χ0) is 18.7. The fourth-order valence-corrected chi connectivity index (χ4v) is 3.35. The average Bonchev–Trinajstić information content (AvgIpc) is 2.64. The van der Waals surface area contributed by atoms with Gasteiger partial charge in [0.25, 0.3) is 0 Å². The third-order valence-electron chi connectivity index (χ3n) is 5.18. The minimum Gasteiger partial charge on any atom is -0.481 e. The predicted octanol–water partition coefficient (Wildman–Crippen LogP) is 5.39. The molecule has 2 atom stereocenters. The largest absolute Gasteiger partial charge is 0.481 e. The maximum atomic E-state index is 11.1. The summed E-state index contributed by atoms with van der Waals surface area (Å²) in [7, 11) is 0. The molecule has 1 N–H and O–H groups in total. The van der Waals surface area contributed by atoms with Gasteiger partial charge < -0.3 is 5.11 Å². The topological polar surface area (TPSA) is 50.2 Å². The predicted molar refractivity (Wildman–Crippen MR) is 105 cm³/mol. The molecule has 1 aliphatic carbocycles. The highest BCUT2D eigenvalue weighted by atomic mass is 16.4. The maximum Gasteiger partial charge on any atom is 0.310 e. The van der Waals surface area contributed by atoms with Crippen molar-refractivity contribution in [2.24, 2.45) is 5.92 Å². The molecule has 0 fully saturated rings. The summed E-state index contributed by atoms with van der Waals surface area (Å²) >= 11 is 0. The van der Waals surface area contributed by atoms with E-state index in [1.165, 1.54) is 11.1 Å². The monoisotopic (exact) mass is 347 g/mol. The van der Waals surface area contributed by atoms with Gasteiger partial charge in [-0.2, -0.15) is 0 Å². The van der Waals surface area contributed by atoms with Crippen LogP contribution < -0.4 is 0 Å². The number of benzene rings is 1. The normalized spacial score (nSPS) is 18.0. The van der Waals surface area contributed by atoms with E-state index in [0.29, 0.717) is 5.92 Å². The summed E-state index contributed by atoms with van der Waals surface area (Å²) < 4.78 is 0. The van der Waals surface area contributed by atoms with Crippen molar-refractivity contribution in [2.75, 3.05) is 0 Å². The van der Waals surface area contributed by atoms with Crippen LogP contribution in [0.2, 0.25) is 0 Å². The lowest BCUT2D eigenvalue weighted by atomic mass is 9.85. The molecule has 0 saturated carbocycles. The molecular formula is C23H25NO2. The zero-order valence-electron chi connectivity index (χ0n) is 15.6. The second-order valence-corrected chi connectivity index (χ2v) is 7.22. The summed E-state index contributed by atoms with van der Waals surface area (Å²) in [6.07, 6.45) is 6.45. The molecule has 134 valence electrons. The van der Waals surface area contributed by atoms with Crippen LogP contribution in [-0.4, -0.2) is 16.1 Å². The molecule has 26 heavy (non-hydrogen) atoms. The first-order valence-electron chi connectivity index (χ1n) is 9.07. The van der Waals surface area contributed by atoms with Crippen molar-refractivity contribution in [3.63, 3.8) is 0 Å². The van der Waals surface area contributed by atoms with E-state index in [2.05, 4.69) is 38.1 Å². The third kappa shape index (κ3) is 4.10. The van der Waals surface area contributed by atoms with Crippen molar-refractivity contribution in [1.82, 2.24) is 4.98 Å². The van der Waals surface area contributed by atoms with Gasteiger partial charge in [0.05, 0.1) is 11.6 Å². The van der Waals surface area contributed by atoms with Crippen LogP contribution in [0, 0.1) is 5.92 Å². The third-order valence-corrected chi connectivity index (χ3v) is 5.18. The molecule has 1 aromatic carbocycles. The van der Waals surface area contributed by atoms with E-state index in [4.69, 9.17) is 10.1 Å². The van der Waals surface area contributed by atoms with Crippen LogP contribution in [0.15, 0.2) is 65.8 Å². The number of aromatic nitrogens is 1. The van der Waals surface area contributed by atoms with E-state index >= 15 is 0 Å². The van der Waals surface area contributed by atoms with Gasteiger partial charge in [0.2, 0.25) is 0 Å². The van der Waals surface area contributed by atoms with E-state index < -0.39 is 11.9 Å². The van der Waals surface area contributed by atoms with Crippen LogP contribution in [-0.2, 0) is 11.2 Å². The molecule has 0 amide bonds. The molecule has 3 nitrogen and oxygen atoms in total.